The van der Waals surface area contributed by atoms with E-state index in [9.17, 15) is 0 Å². The van der Waals surface area contributed by atoms with Crippen LogP contribution in [0.4, 0.5) is 0 Å². The molecule has 2 aliphatic carbocycles. The second kappa shape index (κ2) is 9.26. The Labute approximate surface area is 247 Å². The zero-order valence-corrected chi connectivity index (χ0v) is 23.9. The molecule has 8 rings (SSSR count). The second-order valence-electron chi connectivity index (χ2n) is 12.2. The highest BCUT2D eigenvalue weighted by Gasteiger charge is 2.35. The molecule has 0 aromatic heterocycles. The summed E-state index contributed by atoms with van der Waals surface area (Å²) in [4.78, 5) is 0. The molecular formula is C41H31N. The lowest BCUT2D eigenvalue weighted by atomic mass is 9.82. The first-order chi connectivity index (χ1) is 20.5. The van der Waals surface area contributed by atoms with E-state index in [4.69, 9.17) is 5.41 Å². The molecule has 1 heteroatoms. The fourth-order valence-electron chi connectivity index (χ4n) is 7.11. The molecule has 0 amide bonds. The van der Waals surface area contributed by atoms with E-state index in [2.05, 4.69) is 141 Å². The van der Waals surface area contributed by atoms with Crippen LogP contribution in [0.2, 0.25) is 0 Å². The first-order valence-corrected chi connectivity index (χ1v) is 14.7. The summed E-state index contributed by atoms with van der Waals surface area (Å²) in [6.45, 7) is 4.66. The van der Waals surface area contributed by atoms with Crippen molar-refractivity contribution in [3.63, 3.8) is 0 Å². The Morgan fingerprint density at radius 2 is 0.952 bits per heavy atom. The van der Waals surface area contributed by atoms with Crippen LogP contribution in [0.25, 0.3) is 55.6 Å². The fourth-order valence-corrected chi connectivity index (χ4v) is 7.11. The molecule has 0 radical (unpaired) electrons. The Balaban J connectivity index is 1.15. The third-order valence-electron chi connectivity index (χ3n) is 9.32. The van der Waals surface area contributed by atoms with E-state index >= 15 is 0 Å². The van der Waals surface area contributed by atoms with Crippen LogP contribution < -0.4 is 0 Å². The number of benzene rings is 6. The van der Waals surface area contributed by atoms with E-state index in [1.165, 1.54) is 72.3 Å². The van der Waals surface area contributed by atoms with Crippen LogP contribution in [0.3, 0.4) is 0 Å². The highest BCUT2D eigenvalue weighted by atomic mass is 14.4. The van der Waals surface area contributed by atoms with Crippen LogP contribution in [0, 0.1) is 5.41 Å². The lowest BCUT2D eigenvalue weighted by molar-refractivity contribution is 0.660. The topological polar surface area (TPSA) is 23.9 Å². The van der Waals surface area contributed by atoms with Crippen molar-refractivity contribution in [2.75, 3.05) is 0 Å². The number of nitrogens with one attached hydrogen (secondary N) is 1. The Morgan fingerprint density at radius 3 is 1.64 bits per heavy atom. The van der Waals surface area contributed by atoms with Gasteiger partial charge in [-0.2, -0.15) is 0 Å². The van der Waals surface area contributed by atoms with Crippen molar-refractivity contribution in [1.82, 2.24) is 0 Å². The number of rotatable bonds is 3. The van der Waals surface area contributed by atoms with Gasteiger partial charge in [0.2, 0.25) is 0 Å². The van der Waals surface area contributed by atoms with Gasteiger partial charge in [-0.3, -0.25) is 0 Å². The van der Waals surface area contributed by atoms with E-state index in [0.717, 1.165) is 5.56 Å². The Bertz CT molecular complexity index is 2060. The second-order valence-corrected chi connectivity index (χ2v) is 12.2. The maximum atomic E-state index is 8.61. The van der Waals surface area contributed by atoms with Gasteiger partial charge in [-0.25, -0.2) is 0 Å². The van der Waals surface area contributed by atoms with Gasteiger partial charge >= 0.3 is 0 Å². The summed E-state index contributed by atoms with van der Waals surface area (Å²) in [5, 5.41) is 8.61. The van der Waals surface area contributed by atoms with Gasteiger partial charge in [-0.05, 0) is 90.5 Å². The van der Waals surface area contributed by atoms with Crippen molar-refractivity contribution in [3.8, 4) is 55.6 Å². The van der Waals surface area contributed by atoms with Gasteiger partial charge in [-0.15, -0.1) is 0 Å². The van der Waals surface area contributed by atoms with Crippen LogP contribution in [0.5, 0.6) is 0 Å². The standard InChI is InChI=1S/C41H31N/c1-41(2)38-16-6-5-14-35(38)37-24-31(18-20-39(37)41)29-12-8-10-27(22-29)26-9-7-11-28(21-26)30-17-19-33-32(23-30)25-40(42)36-15-4-3-13-34(33)36/h3-24,42H,25H2,1-2H3. The SMILES string of the molecule is CC1(C)c2ccccc2-c2cc(-c3cccc(-c4cccc(-c5ccc6c(c5)CC(=N)c5ccccc5-6)c4)c3)ccc21. The van der Waals surface area contributed by atoms with E-state index in [0.29, 0.717) is 12.1 Å². The molecule has 0 saturated heterocycles. The zero-order chi connectivity index (χ0) is 28.4. The molecule has 0 fully saturated rings. The van der Waals surface area contributed by atoms with E-state index < -0.39 is 0 Å². The molecular weight excluding hydrogens is 506 g/mol. The van der Waals surface area contributed by atoms with Gasteiger partial charge in [-0.1, -0.05) is 129 Å². The van der Waals surface area contributed by atoms with E-state index in [1.807, 2.05) is 6.07 Å². The molecule has 200 valence electrons. The van der Waals surface area contributed by atoms with Gasteiger partial charge in [0.15, 0.2) is 0 Å². The van der Waals surface area contributed by atoms with Crippen LogP contribution in [0.15, 0.2) is 133 Å². The number of hydrogen-bond donors (Lipinski definition) is 1. The minimum atomic E-state index is 0.0209. The Morgan fingerprint density at radius 1 is 0.429 bits per heavy atom. The third-order valence-corrected chi connectivity index (χ3v) is 9.32. The fraction of sp³-hybridized carbons (Fsp3) is 0.0976. The summed E-state index contributed by atoms with van der Waals surface area (Å²) in [6.07, 6.45) is 0.671. The molecule has 1 nitrogen and oxygen atoms in total. The van der Waals surface area contributed by atoms with E-state index in [-0.39, 0.29) is 5.41 Å². The van der Waals surface area contributed by atoms with Crippen molar-refractivity contribution >= 4 is 5.71 Å². The summed E-state index contributed by atoms with van der Waals surface area (Å²) in [7, 11) is 0. The summed E-state index contributed by atoms with van der Waals surface area (Å²) >= 11 is 0. The molecule has 0 aliphatic heterocycles. The Kier molecular flexibility index (Phi) is 5.46. The normalized spacial score (nSPS) is 14.1. The van der Waals surface area contributed by atoms with Crippen molar-refractivity contribution < 1.29 is 0 Å². The van der Waals surface area contributed by atoms with Crippen molar-refractivity contribution in [2.24, 2.45) is 0 Å². The molecule has 0 spiro atoms. The van der Waals surface area contributed by atoms with Gasteiger partial charge < -0.3 is 5.41 Å². The maximum Gasteiger partial charge on any atom is 0.0436 e. The largest absolute Gasteiger partial charge is 0.304 e. The first-order valence-electron chi connectivity index (χ1n) is 14.7. The smallest absolute Gasteiger partial charge is 0.0436 e. The maximum absolute atomic E-state index is 8.61. The number of hydrogen-bond acceptors (Lipinski definition) is 1. The highest BCUT2D eigenvalue weighted by molar-refractivity contribution is 6.09. The van der Waals surface area contributed by atoms with Gasteiger partial charge in [0.05, 0.1) is 0 Å². The van der Waals surface area contributed by atoms with Crippen molar-refractivity contribution in [1.29, 1.82) is 5.41 Å². The molecule has 2 aliphatic rings. The Hall–Kier alpha value is -5.01. The third kappa shape index (κ3) is 3.81. The van der Waals surface area contributed by atoms with E-state index in [1.54, 1.807) is 0 Å². The van der Waals surface area contributed by atoms with Gasteiger partial charge in [0, 0.05) is 23.1 Å². The predicted molar refractivity (Wildman–Crippen MR) is 176 cm³/mol. The summed E-state index contributed by atoms with van der Waals surface area (Å²) < 4.78 is 0. The molecule has 0 bridgehead atoms. The average molecular weight is 538 g/mol. The average Bonchev–Trinajstić information content (AvgIpc) is 3.27. The van der Waals surface area contributed by atoms with Gasteiger partial charge in [0.1, 0.15) is 0 Å². The quantitative estimate of drug-likeness (QED) is 0.232. The minimum Gasteiger partial charge on any atom is -0.304 e. The zero-order valence-electron chi connectivity index (χ0n) is 23.9. The highest BCUT2D eigenvalue weighted by Crippen LogP contribution is 2.49. The van der Waals surface area contributed by atoms with Gasteiger partial charge in [0.25, 0.3) is 0 Å². The van der Waals surface area contributed by atoms with Crippen LogP contribution in [-0.2, 0) is 11.8 Å². The molecule has 6 aromatic carbocycles. The number of fused-ring (bicyclic) bond motifs is 6. The molecule has 42 heavy (non-hydrogen) atoms. The molecule has 0 unspecified atom stereocenters. The molecule has 1 N–H and O–H groups in total. The summed E-state index contributed by atoms with van der Waals surface area (Å²) in [6, 6.07) is 48.6. The predicted octanol–water partition coefficient (Wildman–Crippen LogP) is 10.6. The van der Waals surface area contributed by atoms with Crippen LogP contribution in [-0.4, -0.2) is 5.71 Å². The molecule has 0 heterocycles. The summed E-state index contributed by atoms with van der Waals surface area (Å²) in [5.41, 5.74) is 18.2. The molecule has 6 aromatic rings. The lowest BCUT2D eigenvalue weighted by Crippen LogP contribution is -2.14. The van der Waals surface area contributed by atoms with Crippen molar-refractivity contribution in [2.45, 2.75) is 25.7 Å². The lowest BCUT2D eigenvalue weighted by Gasteiger charge is -2.21. The molecule has 0 saturated carbocycles. The monoisotopic (exact) mass is 537 g/mol. The molecule has 0 atom stereocenters. The first kappa shape index (κ1) is 24.8. The minimum absolute atomic E-state index is 0.0209. The van der Waals surface area contributed by atoms with Crippen LogP contribution >= 0.6 is 0 Å². The van der Waals surface area contributed by atoms with Crippen LogP contribution in [0.1, 0.15) is 36.1 Å². The summed E-state index contributed by atoms with van der Waals surface area (Å²) in [5.74, 6) is 0. The van der Waals surface area contributed by atoms with Crippen molar-refractivity contribution in [3.05, 3.63) is 156 Å².